The molecule has 78 valence electrons. The molecule has 0 aromatic rings. The van der Waals surface area contributed by atoms with E-state index in [1.54, 1.807) is 0 Å². The predicted octanol–water partition coefficient (Wildman–Crippen LogP) is 2.31. The van der Waals surface area contributed by atoms with Crippen LogP contribution in [0.2, 0.25) is 19.6 Å². The van der Waals surface area contributed by atoms with Crippen molar-refractivity contribution >= 4 is 8.80 Å². The average molecular weight is 250 g/mol. The monoisotopic (exact) mass is 250 g/mol. The van der Waals surface area contributed by atoms with Crippen LogP contribution < -0.4 is 0 Å². The number of rotatable bonds is 0. The van der Waals surface area contributed by atoms with Gasteiger partial charge >= 0.3 is 22.6 Å². The van der Waals surface area contributed by atoms with Crippen molar-refractivity contribution in [2.45, 2.75) is 19.6 Å². The molecular formula is C10H14FeO2Si. The molecule has 0 aliphatic heterocycles. The van der Waals surface area contributed by atoms with E-state index < -0.39 is 0 Å². The van der Waals surface area contributed by atoms with Gasteiger partial charge in [0.15, 0.2) is 0 Å². The molecule has 0 aromatic carbocycles. The fourth-order valence-electron chi connectivity index (χ4n) is 0.321. The molecule has 4 heteroatoms. The van der Waals surface area contributed by atoms with Gasteiger partial charge in [-0.05, 0) is 32.1 Å². The Bertz CT molecular complexity index is 92.8. The van der Waals surface area contributed by atoms with E-state index >= 15 is 0 Å². The van der Waals surface area contributed by atoms with Gasteiger partial charge in [-0.2, -0.15) is 0 Å². The Balaban J connectivity index is -0.0000000511. The average Bonchev–Trinajstić information content (AvgIpc) is 2.67. The quantitative estimate of drug-likeness (QED) is 0.359. The summed E-state index contributed by atoms with van der Waals surface area (Å²) in [5.41, 5.74) is 0. The largest absolute Gasteiger partial charge is 0.0312 e. The summed E-state index contributed by atoms with van der Waals surface area (Å²) in [6.07, 6.45) is 10.0. The van der Waals surface area contributed by atoms with Crippen molar-refractivity contribution in [1.82, 2.24) is 0 Å². The van der Waals surface area contributed by atoms with Crippen molar-refractivity contribution in [2.24, 2.45) is 0 Å². The molecule has 0 aromatic heterocycles. The molecule has 0 saturated heterocycles. The third-order valence-electron chi connectivity index (χ3n) is 0.556. The summed E-state index contributed by atoms with van der Waals surface area (Å²) in [7, 11) is 0.120. The van der Waals surface area contributed by atoms with Crippen molar-refractivity contribution in [1.29, 1.82) is 0 Å². The topological polar surface area (TPSA) is 39.8 Å². The van der Waals surface area contributed by atoms with E-state index in [0.29, 0.717) is 0 Å². The van der Waals surface area contributed by atoms with Crippen LogP contribution in [0.5, 0.6) is 0 Å². The van der Waals surface area contributed by atoms with E-state index in [0.717, 1.165) is 0 Å². The molecule has 14 heavy (non-hydrogen) atoms. The molecular weight excluding hydrogens is 236 g/mol. The second-order valence-electron chi connectivity index (χ2n) is 2.46. The zero-order chi connectivity index (χ0) is 11.1. The summed E-state index contributed by atoms with van der Waals surface area (Å²) in [6.45, 7) is 15.8. The van der Waals surface area contributed by atoms with Gasteiger partial charge in [-0.1, -0.05) is 19.6 Å². The van der Waals surface area contributed by atoms with Gasteiger partial charge in [0.1, 0.15) is 0 Å². The van der Waals surface area contributed by atoms with Crippen molar-refractivity contribution < 1.29 is 26.4 Å². The van der Waals surface area contributed by atoms with Gasteiger partial charge in [-0.25, -0.2) is 0 Å². The summed E-state index contributed by atoms with van der Waals surface area (Å²) >= 11 is 0. The maximum absolute atomic E-state index is 7.50. The molecule has 6 radical (unpaired) electrons. The van der Waals surface area contributed by atoms with Crippen LogP contribution in [0.3, 0.4) is 0 Å². The predicted molar refractivity (Wildman–Crippen MR) is 52.7 cm³/mol. The summed E-state index contributed by atoms with van der Waals surface area (Å²) < 4.78 is 15.0. The molecule has 1 fully saturated rings. The van der Waals surface area contributed by atoms with Crippen LogP contribution in [0, 0.1) is 45.4 Å². The smallest absolute Gasteiger partial charge is 0 e. The minimum atomic E-state index is 0. The first-order valence-electron chi connectivity index (χ1n) is 3.57. The van der Waals surface area contributed by atoms with E-state index in [1.165, 1.54) is 0 Å². The van der Waals surface area contributed by atoms with Crippen LogP contribution in [0.15, 0.2) is 0 Å². The van der Waals surface area contributed by atoms with E-state index in [1.807, 2.05) is 32.1 Å². The van der Waals surface area contributed by atoms with E-state index in [9.17, 15) is 0 Å². The molecule has 0 bridgehead atoms. The molecule has 0 heterocycles. The molecule has 0 atom stereocenters. The second-order valence-corrected chi connectivity index (χ2v) is 5.46. The van der Waals surface area contributed by atoms with Crippen molar-refractivity contribution in [3.8, 4) is 0 Å². The molecule has 2 nitrogen and oxygen atoms in total. The molecule has 1 rings (SSSR count). The third-order valence-corrected chi connectivity index (χ3v) is 0.556. The van der Waals surface area contributed by atoms with Crippen molar-refractivity contribution in [3.05, 3.63) is 45.4 Å². The van der Waals surface area contributed by atoms with Gasteiger partial charge < -0.3 is 0 Å². The minimum Gasteiger partial charge on any atom is -0.0312 e. The Morgan fingerprint density at radius 1 is 0.714 bits per heavy atom. The fourth-order valence-corrected chi connectivity index (χ4v) is 0.321. The normalized spacial score (nSPS) is 11.4. The number of hydrogen-bond acceptors (Lipinski definition) is 0. The van der Waals surface area contributed by atoms with Crippen LogP contribution in [-0.2, 0) is 26.4 Å². The molecule has 1 aliphatic carbocycles. The molecule has 0 N–H and O–H groups in total. The molecule has 1 saturated carbocycles. The van der Waals surface area contributed by atoms with Gasteiger partial charge in [0.25, 0.3) is 0 Å². The van der Waals surface area contributed by atoms with E-state index in [4.69, 9.17) is 9.30 Å². The maximum Gasteiger partial charge on any atom is 0 e. The fraction of sp³-hybridized carbons (Fsp3) is 0.300. The van der Waals surface area contributed by atoms with Gasteiger partial charge in [0, 0.05) is 25.9 Å². The van der Waals surface area contributed by atoms with Gasteiger partial charge in [-0.3, -0.25) is 0 Å². The Labute approximate surface area is 100 Å². The Morgan fingerprint density at radius 3 is 0.857 bits per heavy atom. The summed E-state index contributed by atoms with van der Waals surface area (Å²) in [5, 5.41) is 0. The van der Waals surface area contributed by atoms with Crippen LogP contribution in [-0.4, -0.2) is 8.80 Å². The van der Waals surface area contributed by atoms with E-state index in [-0.39, 0.29) is 25.9 Å². The Hall–Kier alpha value is 0.216. The SMILES string of the molecule is C[Si](C)C.[C-]#[O+].[C-]#[O+].[CH]1[CH][CH][CH][CH]1.[Fe]. The Kier molecular flexibility index (Phi) is 49.7. The van der Waals surface area contributed by atoms with Crippen LogP contribution in [0.4, 0.5) is 0 Å². The first-order chi connectivity index (χ1) is 6.23. The standard InChI is InChI=1S/C5H5.C3H9Si.2CO.Fe/c1-2-4-5-3-1;1-4(2)3;2*1-2;/h1-5H;1-3H3;;;. The molecule has 0 unspecified atom stereocenters. The second kappa shape index (κ2) is 29.2. The van der Waals surface area contributed by atoms with Crippen molar-refractivity contribution in [2.75, 3.05) is 0 Å². The Morgan fingerprint density at radius 2 is 0.786 bits per heavy atom. The molecule has 0 amide bonds. The summed E-state index contributed by atoms with van der Waals surface area (Å²) in [5.74, 6) is 0. The zero-order valence-electron chi connectivity index (χ0n) is 8.56. The van der Waals surface area contributed by atoms with Crippen LogP contribution in [0.25, 0.3) is 0 Å². The molecule has 0 spiro atoms. The number of hydrogen-bond donors (Lipinski definition) is 0. The minimum absolute atomic E-state index is 0. The zero-order valence-corrected chi connectivity index (χ0v) is 10.7. The third kappa shape index (κ3) is 56.5. The maximum atomic E-state index is 7.50. The molecule has 1 aliphatic rings. The van der Waals surface area contributed by atoms with E-state index in [2.05, 4.69) is 32.9 Å². The van der Waals surface area contributed by atoms with Crippen LogP contribution >= 0.6 is 0 Å². The van der Waals surface area contributed by atoms with Gasteiger partial charge in [0.05, 0.1) is 0 Å². The van der Waals surface area contributed by atoms with Gasteiger partial charge in [0.2, 0.25) is 0 Å². The first kappa shape index (κ1) is 23.8. The summed E-state index contributed by atoms with van der Waals surface area (Å²) in [6, 6.07) is 0. The summed E-state index contributed by atoms with van der Waals surface area (Å²) in [4.78, 5) is 0. The first-order valence-corrected chi connectivity index (χ1v) is 6.57. The van der Waals surface area contributed by atoms with Crippen LogP contribution in [0.1, 0.15) is 0 Å². The van der Waals surface area contributed by atoms with Gasteiger partial charge in [-0.15, -0.1) is 0 Å². The van der Waals surface area contributed by atoms with Crippen molar-refractivity contribution in [3.63, 3.8) is 0 Å².